The predicted molar refractivity (Wildman–Crippen MR) is 214 cm³/mol. The molecular weight excluding hydrogens is 746 g/mol. The maximum atomic E-state index is 13.5. The van der Waals surface area contributed by atoms with Crippen molar-refractivity contribution in [3.05, 3.63) is 65.3 Å². The number of rotatable bonds is 9. The molecule has 0 radical (unpaired) electrons. The smallest absolute Gasteiger partial charge is 0.329 e. The van der Waals surface area contributed by atoms with Crippen LogP contribution in [-0.2, 0) is 4.79 Å². The number of nitrogens with zero attached hydrogens (tertiary/aromatic N) is 9. The van der Waals surface area contributed by atoms with Gasteiger partial charge in [0.1, 0.15) is 29.6 Å². The van der Waals surface area contributed by atoms with Crippen LogP contribution >= 0.6 is 11.6 Å². The Labute approximate surface area is 336 Å². The Kier molecular flexibility index (Phi) is 10.3. The summed E-state index contributed by atoms with van der Waals surface area (Å²) < 4.78 is 8.40. The number of pyridine rings is 3. The number of fused-ring (bicyclic) bond motifs is 1. The summed E-state index contributed by atoms with van der Waals surface area (Å²) in [6, 6.07) is 8.99. The topological polar surface area (TPSA) is 174 Å². The molecule has 57 heavy (non-hydrogen) atoms. The molecule has 0 aromatic carbocycles. The van der Waals surface area contributed by atoms with Gasteiger partial charge >= 0.3 is 6.03 Å². The van der Waals surface area contributed by atoms with Crippen LogP contribution in [0.4, 0.5) is 16.4 Å². The Hall–Kier alpha value is -5.33. The number of amides is 4. The van der Waals surface area contributed by atoms with Crippen LogP contribution in [0.2, 0.25) is 5.02 Å². The molecule has 0 bridgehead atoms. The van der Waals surface area contributed by atoms with Crippen LogP contribution in [-0.4, -0.2) is 98.9 Å². The molecular formula is C41H48ClN11O4. The number of carbonyl (C=O) groups is 3. The fourth-order valence-corrected chi connectivity index (χ4v) is 9.91. The first-order valence-corrected chi connectivity index (χ1v) is 20.1. The van der Waals surface area contributed by atoms with E-state index in [2.05, 4.69) is 62.8 Å². The number of hydrogen-bond donors (Lipinski definition) is 2. The van der Waals surface area contributed by atoms with E-state index in [1.165, 1.54) is 11.1 Å². The fourth-order valence-electron chi connectivity index (χ4n) is 9.71. The number of nitrogens with one attached hydrogen (secondary N) is 2. The Bertz CT molecular complexity index is 2200. The number of halogens is 1. The molecule has 1 aliphatic carbocycles. The minimum absolute atomic E-state index is 0.152. The monoisotopic (exact) mass is 793 g/mol. The molecule has 4 aromatic heterocycles. The minimum atomic E-state index is -0.445. The summed E-state index contributed by atoms with van der Waals surface area (Å²) in [7, 11) is 0. The zero-order valence-corrected chi connectivity index (χ0v) is 33.5. The lowest BCUT2D eigenvalue weighted by atomic mass is 9.49. The van der Waals surface area contributed by atoms with Crippen molar-refractivity contribution in [2.75, 3.05) is 49.1 Å². The lowest BCUT2D eigenvalue weighted by Gasteiger charge is -2.63. The first-order valence-electron chi connectivity index (χ1n) is 19.7. The van der Waals surface area contributed by atoms with Crippen LogP contribution in [0, 0.1) is 28.1 Å². The van der Waals surface area contributed by atoms with Gasteiger partial charge in [-0.05, 0) is 49.8 Å². The second-order valence-electron chi connectivity index (χ2n) is 16.9. The third-order valence-electron chi connectivity index (χ3n) is 12.5. The summed E-state index contributed by atoms with van der Waals surface area (Å²) in [5, 5.41) is 20.6. The molecule has 0 atom stereocenters. The molecule has 298 valence electrons. The molecule has 4 aliphatic rings. The van der Waals surface area contributed by atoms with Gasteiger partial charge in [-0.2, -0.15) is 10.4 Å². The molecule has 1 saturated carbocycles. The summed E-state index contributed by atoms with van der Waals surface area (Å²) >= 11 is 6.19. The zero-order chi connectivity index (χ0) is 40.1. The van der Waals surface area contributed by atoms with Gasteiger partial charge in [0.25, 0.3) is 5.91 Å². The molecule has 8 rings (SSSR count). The lowest BCUT2D eigenvalue weighted by Crippen LogP contribution is -2.74. The van der Waals surface area contributed by atoms with Crippen molar-refractivity contribution < 1.29 is 19.1 Å². The molecule has 4 fully saturated rings. The fraction of sp³-hybridized carbons (Fsp3) is 0.512. The lowest BCUT2D eigenvalue weighted by molar-refractivity contribution is -0.164. The molecule has 0 spiro atoms. The van der Waals surface area contributed by atoms with Crippen LogP contribution in [0.25, 0.3) is 10.9 Å². The molecule has 4 amide bonds. The molecule has 0 unspecified atom stereocenters. The van der Waals surface area contributed by atoms with Gasteiger partial charge in [0.2, 0.25) is 5.91 Å². The average molecular weight is 794 g/mol. The predicted octanol–water partition coefficient (Wildman–Crippen LogP) is 5.36. The second-order valence-corrected chi connectivity index (χ2v) is 17.3. The van der Waals surface area contributed by atoms with Crippen molar-refractivity contribution in [2.24, 2.45) is 16.7 Å². The second kappa shape index (κ2) is 15.2. The standard InChI is InChI=1S/C41H48ClN11O4/c1-40(2)37(41(3,4)38(40)57-28-19-30(42)31(20-43)45-22-28)49-36(55)26-5-6-33(46-21-26)51-16-8-25(9-17-51)24-50-14-10-27(11-15-50)53-32-7-13-44-35(29(32)23-47-53)52-18-12-34(54)48-39(52)56/h5-7,13,19,21-23,25,27,37-38H,8-12,14-18,24H2,1-4H3,(H,49,55)(H,48,54,56). The van der Waals surface area contributed by atoms with Crippen molar-refractivity contribution in [1.82, 2.24) is 40.3 Å². The SMILES string of the molecule is CC1(C)C(NC(=O)c2ccc(N3CCC(CN4CCC(n5ncc6c(N7CCC(=O)NC7=O)nccc65)CC4)CC3)nc2)C(C)(C)C1Oc1cnc(C#N)c(Cl)c1. The van der Waals surface area contributed by atoms with Crippen LogP contribution in [0.15, 0.2) is 49.1 Å². The van der Waals surface area contributed by atoms with E-state index in [1.54, 1.807) is 24.7 Å². The van der Waals surface area contributed by atoms with Crippen LogP contribution in [0.3, 0.4) is 0 Å². The first kappa shape index (κ1) is 38.5. The highest BCUT2D eigenvalue weighted by Gasteiger charge is 2.64. The largest absolute Gasteiger partial charge is 0.487 e. The van der Waals surface area contributed by atoms with Gasteiger partial charge in [0.05, 0.1) is 39.9 Å². The van der Waals surface area contributed by atoms with E-state index < -0.39 is 6.03 Å². The molecule has 2 N–H and O–H groups in total. The Morgan fingerprint density at radius 3 is 2.40 bits per heavy atom. The van der Waals surface area contributed by atoms with Gasteiger partial charge in [-0.3, -0.25) is 24.5 Å². The Balaban J connectivity index is 0.800. The molecule has 3 saturated heterocycles. The zero-order valence-electron chi connectivity index (χ0n) is 32.7. The summed E-state index contributed by atoms with van der Waals surface area (Å²) in [4.78, 5) is 57.3. The van der Waals surface area contributed by atoms with E-state index in [1.807, 2.05) is 24.3 Å². The number of likely N-dealkylation sites (tertiary alicyclic amines) is 1. The summed E-state index contributed by atoms with van der Waals surface area (Å²) in [5.74, 6) is 2.08. The number of ether oxygens (including phenoxy) is 1. The van der Waals surface area contributed by atoms with E-state index >= 15 is 0 Å². The van der Waals surface area contributed by atoms with Crippen LogP contribution in [0.1, 0.15) is 81.9 Å². The van der Waals surface area contributed by atoms with Crippen molar-refractivity contribution in [1.29, 1.82) is 5.26 Å². The van der Waals surface area contributed by atoms with Gasteiger partial charge in [-0.1, -0.05) is 39.3 Å². The Morgan fingerprint density at radius 1 is 0.982 bits per heavy atom. The van der Waals surface area contributed by atoms with Crippen LogP contribution in [0.5, 0.6) is 5.75 Å². The highest BCUT2D eigenvalue weighted by molar-refractivity contribution is 6.31. The maximum absolute atomic E-state index is 13.5. The van der Waals surface area contributed by atoms with E-state index in [0.717, 1.165) is 75.1 Å². The average Bonchev–Trinajstić information content (AvgIpc) is 3.64. The quantitative estimate of drug-likeness (QED) is 0.223. The first-order chi connectivity index (χ1) is 27.3. The third kappa shape index (κ3) is 7.36. The van der Waals surface area contributed by atoms with Crippen molar-refractivity contribution in [2.45, 2.75) is 78.0 Å². The van der Waals surface area contributed by atoms with Gasteiger partial charge in [0.15, 0.2) is 5.69 Å². The molecule has 3 aliphatic heterocycles. The van der Waals surface area contributed by atoms with Crippen molar-refractivity contribution in [3.63, 3.8) is 0 Å². The van der Waals surface area contributed by atoms with Crippen molar-refractivity contribution >= 4 is 52.0 Å². The number of urea groups is 1. The molecule has 16 heteroatoms. The number of carbonyl (C=O) groups excluding carboxylic acids is 3. The summed E-state index contributed by atoms with van der Waals surface area (Å²) in [5.41, 5.74) is 0.852. The molecule has 4 aromatic rings. The Morgan fingerprint density at radius 2 is 1.74 bits per heavy atom. The maximum Gasteiger partial charge on any atom is 0.329 e. The summed E-state index contributed by atoms with van der Waals surface area (Å²) in [6.07, 6.45) is 10.9. The number of anilines is 2. The van der Waals surface area contributed by atoms with Crippen LogP contribution < -0.4 is 25.2 Å². The van der Waals surface area contributed by atoms with E-state index in [4.69, 9.17) is 31.7 Å². The number of imide groups is 1. The van der Waals surface area contributed by atoms with E-state index in [9.17, 15) is 14.4 Å². The minimum Gasteiger partial charge on any atom is -0.487 e. The van der Waals surface area contributed by atoms with E-state index in [-0.39, 0.29) is 58.0 Å². The molecule has 7 heterocycles. The van der Waals surface area contributed by atoms with Gasteiger partial charge in [0, 0.05) is 81.0 Å². The third-order valence-corrected chi connectivity index (χ3v) is 12.8. The van der Waals surface area contributed by atoms with Crippen molar-refractivity contribution in [3.8, 4) is 11.8 Å². The highest BCUT2D eigenvalue weighted by atomic mass is 35.5. The van der Waals surface area contributed by atoms with E-state index in [0.29, 0.717) is 29.6 Å². The van der Waals surface area contributed by atoms with Gasteiger partial charge in [-0.15, -0.1) is 0 Å². The highest BCUT2D eigenvalue weighted by Crippen LogP contribution is 2.55. The van der Waals surface area contributed by atoms with Gasteiger partial charge in [-0.25, -0.2) is 19.7 Å². The number of piperidine rings is 2. The summed E-state index contributed by atoms with van der Waals surface area (Å²) in [6.45, 7) is 13.5. The number of nitriles is 1. The number of hydrogen-bond acceptors (Lipinski definition) is 11. The van der Waals surface area contributed by atoms with Gasteiger partial charge < -0.3 is 19.9 Å². The number of aromatic nitrogens is 5. The molecule has 15 nitrogen and oxygen atoms in total. The normalized spacial score (nSPS) is 22.8.